The second-order valence-electron chi connectivity index (χ2n) is 6.11. The van der Waals surface area contributed by atoms with E-state index in [4.69, 9.17) is 14.6 Å². The van der Waals surface area contributed by atoms with E-state index in [9.17, 15) is 4.79 Å². The molecule has 3 aromatic rings. The molecule has 1 atom stereocenters. The number of rotatable bonds is 3. The van der Waals surface area contributed by atoms with Crippen molar-refractivity contribution < 1.29 is 19.4 Å². The number of nitrogens with one attached hydrogen (secondary N) is 2. The Bertz CT molecular complexity index is 943. The fraction of sp³-hybridized carbons (Fsp3) is 0.211. The van der Waals surface area contributed by atoms with Crippen molar-refractivity contribution in [2.24, 2.45) is 0 Å². The van der Waals surface area contributed by atoms with Gasteiger partial charge in [-0.25, -0.2) is 4.98 Å². The van der Waals surface area contributed by atoms with E-state index in [0.717, 1.165) is 11.1 Å². The van der Waals surface area contributed by atoms with Crippen LogP contribution in [0.15, 0.2) is 48.9 Å². The smallest absolute Gasteiger partial charge is 0.290 e. The molecule has 0 aliphatic carbocycles. The van der Waals surface area contributed by atoms with Crippen molar-refractivity contribution in [3.8, 4) is 5.75 Å². The highest BCUT2D eigenvalue weighted by atomic mass is 16.5. The van der Waals surface area contributed by atoms with Gasteiger partial charge >= 0.3 is 0 Å². The van der Waals surface area contributed by atoms with Gasteiger partial charge in [0.25, 0.3) is 12.4 Å². The van der Waals surface area contributed by atoms with Gasteiger partial charge in [-0.15, -0.1) is 0 Å². The molecule has 2 aromatic heterocycles. The van der Waals surface area contributed by atoms with Gasteiger partial charge in [0.15, 0.2) is 0 Å². The van der Waals surface area contributed by atoms with Crippen LogP contribution >= 0.6 is 0 Å². The zero-order chi connectivity index (χ0) is 20.0. The van der Waals surface area contributed by atoms with E-state index in [1.54, 1.807) is 6.20 Å². The highest BCUT2D eigenvalue weighted by Gasteiger charge is 2.42. The van der Waals surface area contributed by atoms with Crippen LogP contribution in [0.3, 0.4) is 0 Å². The Balaban J connectivity index is 0.000000706. The summed E-state index contributed by atoms with van der Waals surface area (Å²) in [7, 11) is 0. The zero-order valence-corrected chi connectivity index (χ0v) is 15.1. The first-order chi connectivity index (χ1) is 13.6. The van der Waals surface area contributed by atoms with Crippen LogP contribution in [0, 0.1) is 6.92 Å². The molecule has 1 aliphatic heterocycles. The predicted molar refractivity (Wildman–Crippen MR) is 98.8 cm³/mol. The van der Waals surface area contributed by atoms with Crippen molar-refractivity contribution in [1.29, 1.82) is 0 Å². The number of carbonyl (C=O) groups excluding carboxylic acids is 1. The summed E-state index contributed by atoms with van der Waals surface area (Å²) >= 11 is 0. The van der Waals surface area contributed by atoms with Gasteiger partial charge < -0.3 is 15.2 Å². The van der Waals surface area contributed by atoms with Gasteiger partial charge in [-0.3, -0.25) is 19.7 Å². The summed E-state index contributed by atoms with van der Waals surface area (Å²) in [5.41, 5.74) is 2.01. The lowest BCUT2D eigenvalue weighted by Gasteiger charge is -2.38. The summed E-state index contributed by atoms with van der Waals surface area (Å²) in [6.07, 6.45) is 3.58. The molecule has 1 aromatic carbocycles. The van der Waals surface area contributed by atoms with Crippen molar-refractivity contribution in [2.45, 2.75) is 18.9 Å². The van der Waals surface area contributed by atoms with E-state index >= 15 is 0 Å². The van der Waals surface area contributed by atoms with Gasteiger partial charge in [0, 0.05) is 12.6 Å². The minimum absolute atomic E-state index is 0.162. The lowest BCUT2D eigenvalue weighted by Crippen LogP contribution is -2.50. The number of benzene rings is 1. The Morgan fingerprint density at radius 1 is 1.29 bits per heavy atom. The van der Waals surface area contributed by atoms with Crippen molar-refractivity contribution in [3.63, 3.8) is 0 Å². The highest BCUT2D eigenvalue weighted by Crippen LogP contribution is 2.40. The summed E-state index contributed by atoms with van der Waals surface area (Å²) in [6, 6.07) is 11.8. The van der Waals surface area contributed by atoms with Gasteiger partial charge in [-0.05, 0) is 24.6 Å². The molecule has 28 heavy (non-hydrogen) atoms. The van der Waals surface area contributed by atoms with E-state index in [-0.39, 0.29) is 18.2 Å². The fourth-order valence-electron chi connectivity index (χ4n) is 3.14. The Hall–Kier alpha value is -3.75. The molecule has 3 N–H and O–H groups in total. The Morgan fingerprint density at radius 3 is 2.71 bits per heavy atom. The number of hydrogen-bond donors (Lipinski definition) is 3. The Kier molecular flexibility index (Phi) is 5.64. The van der Waals surface area contributed by atoms with Crippen LogP contribution in [0.4, 0.5) is 0 Å². The maximum absolute atomic E-state index is 12.7. The summed E-state index contributed by atoms with van der Waals surface area (Å²) in [5, 5.41) is 16.4. The molecule has 1 amide bonds. The molecule has 0 fully saturated rings. The van der Waals surface area contributed by atoms with Crippen LogP contribution in [0.25, 0.3) is 0 Å². The van der Waals surface area contributed by atoms with E-state index in [1.807, 2.05) is 43.3 Å². The molecule has 0 saturated heterocycles. The second-order valence-corrected chi connectivity index (χ2v) is 6.11. The van der Waals surface area contributed by atoms with E-state index < -0.39 is 5.54 Å². The largest absolute Gasteiger partial charge is 0.491 e. The average Bonchev–Trinajstić information content (AvgIpc) is 3.24. The van der Waals surface area contributed by atoms with Crippen LogP contribution in [0.1, 0.15) is 33.9 Å². The number of carboxylic acid groups (broad SMARTS) is 1. The SMILES string of the molecule is Cc1ccc([C@@]2(NC(=O)c3ncn[nH]3)CCOc3cccnc32)cc1.O=CO. The van der Waals surface area contributed by atoms with Crippen LogP contribution in [-0.4, -0.2) is 44.3 Å². The number of fused-ring (bicyclic) bond motifs is 1. The van der Waals surface area contributed by atoms with Crippen LogP contribution in [-0.2, 0) is 10.3 Å². The number of amides is 1. The minimum atomic E-state index is -0.785. The molecule has 9 nitrogen and oxygen atoms in total. The van der Waals surface area contributed by atoms with Crippen molar-refractivity contribution in [1.82, 2.24) is 25.5 Å². The monoisotopic (exact) mass is 381 g/mol. The first-order valence-corrected chi connectivity index (χ1v) is 8.52. The normalized spacial score (nSPS) is 17.3. The molecule has 1 aliphatic rings. The second kappa shape index (κ2) is 8.30. The summed E-state index contributed by atoms with van der Waals surface area (Å²) in [5.74, 6) is 0.499. The molecule has 9 heteroatoms. The maximum atomic E-state index is 12.7. The third-order valence-electron chi connectivity index (χ3n) is 4.41. The van der Waals surface area contributed by atoms with Crippen molar-refractivity contribution in [2.75, 3.05) is 6.61 Å². The maximum Gasteiger partial charge on any atom is 0.290 e. The molecule has 4 rings (SSSR count). The van der Waals surface area contributed by atoms with Gasteiger partial charge in [0.05, 0.1) is 6.61 Å². The molecular formula is C19H19N5O4. The number of pyridine rings is 1. The third-order valence-corrected chi connectivity index (χ3v) is 4.41. The van der Waals surface area contributed by atoms with Crippen LogP contribution in [0.5, 0.6) is 5.75 Å². The Morgan fingerprint density at radius 2 is 2.04 bits per heavy atom. The minimum Gasteiger partial charge on any atom is -0.491 e. The quantitative estimate of drug-likeness (QED) is 0.588. The third kappa shape index (κ3) is 3.68. The number of H-pyrrole nitrogens is 1. The number of hydrogen-bond acceptors (Lipinski definition) is 6. The summed E-state index contributed by atoms with van der Waals surface area (Å²) in [4.78, 5) is 29.5. The summed E-state index contributed by atoms with van der Waals surface area (Å²) in [6.45, 7) is 2.25. The van der Waals surface area contributed by atoms with Gasteiger partial charge in [0.2, 0.25) is 5.82 Å². The fourth-order valence-corrected chi connectivity index (χ4v) is 3.14. The standard InChI is InChI=1S/C18H17N5O2.CH2O2/c1-12-4-6-13(7-5-12)18(22-17(24)16-20-11-21-23-16)8-10-25-14-3-2-9-19-15(14)18;2-1-3/h2-7,9,11H,8,10H2,1H3,(H,22,24)(H,20,21,23);1H,(H,2,3)/t18-;/m0./s1. The first-order valence-electron chi connectivity index (χ1n) is 8.52. The predicted octanol–water partition coefficient (Wildman–Crippen LogP) is 1.67. The molecule has 0 radical (unpaired) electrons. The lowest BCUT2D eigenvalue weighted by atomic mass is 9.81. The average molecular weight is 381 g/mol. The molecule has 0 bridgehead atoms. The number of aromatic amines is 1. The number of aryl methyl sites for hydroxylation is 1. The zero-order valence-electron chi connectivity index (χ0n) is 15.1. The molecule has 144 valence electrons. The van der Waals surface area contributed by atoms with Gasteiger partial charge in [-0.2, -0.15) is 5.10 Å². The first kappa shape index (κ1) is 19.0. The molecular weight excluding hydrogens is 362 g/mol. The number of carbonyl (C=O) groups is 2. The van der Waals surface area contributed by atoms with Crippen molar-refractivity contribution >= 4 is 12.4 Å². The lowest BCUT2D eigenvalue weighted by molar-refractivity contribution is -0.122. The van der Waals surface area contributed by atoms with Crippen molar-refractivity contribution in [3.05, 3.63) is 71.6 Å². The van der Waals surface area contributed by atoms with Gasteiger partial charge in [-0.1, -0.05) is 29.8 Å². The van der Waals surface area contributed by atoms with Gasteiger partial charge in [0.1, 0.15) is 23.3 Å². The number of ether oxygens (including phenoxy) is 1. The topological polar surface area (TPSA) is 130 Å². The Labute approximate surface area is 160 Å². The van der Waals surface area contributed by atoms with Crippen LogP contribution in [0.2, 0.25) is 0 Å². The number of aromatic nitrogens is 4. The highest BCUT2D eigenvalue weighted by molar-refractivity contribution is 5.91. The van der Waals surface area contributed by atoms with E-state index in [2.05, 4.69) is 25.5 Å². The van der Waals surface area contributed by atoms with Crippen LogP contribution < -0.4 is 10.1 Å². The number of nitrogens with zero attached hydrogens (tertiary/aromatic N) is 3. The molecule has 3 heterocycles. The van der Waals surface area contributed by atoms with E-state index in [1.165, 1.54) is 6.33 Å². The molecule has 0 saturated carbocycles. The molecule has 0 spiro atoms. The van der Waals surface area contributed by atoms with E-state index in [0.29, 0.717) is 24.5 Å². The summed E-state index contributed by atoms with van der Waals surface area (Å²) < 4.78 is 5.75. The molecule has 0 unspecified atom stereocenters.